The van der Waals surface area contributed by atoms with Crippen molar-refractivity contribution in [2.45, 2.75) is 31.6 Å². The Hall–Kier alpha value is -2.22. The van der Waals surface area contributed by atoms with Crippen molar-refractivity contribution in [3.8, 4) is 11.5 Å². The van der Waals surface area contributed by atoms with E-state index in [0.717, 1.165) is 22.2 Å². The summed E-state index contributed by atoms with van der Waals surface area (Å²) in [5.41, 5.74) is 0.740. The molecule has 25 heavy (non-hydrogen) atoms. The third-order valence-electron chi connectivity index (χ3n) is 3.91. The molecular weight excluding hydrogens is 344 g/mol. The average molecular weight is 366 g/mol. The van der Waals surface area contributed by atoms with Crippen LogP contribution >= 0.6 is 11.8 Å². The van der Waals surface area contributed by atoms with Gasteiger partial charge >= 0.3 is 0 Å². The van der Waals surface area contributed by atoms with Gasteiger partial charge < -0.3 is 14.8 Å². The molecule has 0 radical (unpaired) electrons. The lowest BCUT2D eigenvalue weighted by Gasteiger charge is -2.20. The molecule has 0 aromatic heterocycles. The molecule has 136 valence electrons. The van der Waals surface area contributed by atoms with Gasteiger partial charge in [-0.2, -0.15) is 0 Å². The molecule has 1 heterocycles. The molecule has 1 aromatic rings. The Bertz CT molecular complexity index is 704. The predicted molar refractivity (Wildman–Crippen MR) is 94.9 cm³/mol. The quantitative estimate of drug-likeness (QED) is 0.832. The lowest BCUT2D eigenvalue weighted by atomic mass is 10.1. The van der Waals surface area contributed by atoms with E-state index < -0.39 is 15.9 Å². The van der Waals surface area contributed by atoms with Gasteiger partial charge in [0.2, 0.25) is 11.8 Å². The monoisotopic (exact) mass is 366 g/mol. The summed E-state index contributed by atoms with van der Waals surface area (Å²) in [6, 6.07) is 4.90. The first-order chi connectivity index (χ1) is 11.7. The molecule has 7 nitrogen and oxygen atoms in total. The maximum Gasteiger partial charge on any atom is 0.289 e. The van der Waals surface area contributed by atoms with Crippen LogP contribution in [0.2, 0.25) is 0 Å². The molecule has 1 fully saturated rings. The smallest absolute Gasteiger partial charge is 0.289 e. The number of hydrogen-bond acceptors (Lipinski definition) is 6. The van der Waals surface area contributed by atoms with Crippen molar-refractivity contribution in [1.29, 1.82) is 0 Å². The van der Waals surface area contributed by atoms with E-state index in [1.54, 1.807) is 53.2 Å². The third-order valence-corrected chi connectivity index (χ3v) is 4.99. The van der Waals surface area contributed by atoms with Gasteiger partial charge in [0.1, 0.15) is 18.0 Å². The first kappa shape index (κ1) is 19.1. The molecule has 1 atom stereocenters. The van der Waals surface area contributed by atoms with Crippen LogP contribution in [0.15, 0.2) is 18.2 Å². The molecule has 1 aromatic carbocycles. The first-order valence-corrected chi connectivity index (χ1v) is 8.57. The molecular formula is C17H22N2O5S. The van der Waals surface area contributed by atoms with Crippen molar-refractivity contribution in [2.24, 2.45) is 0 Å². The van der Waals surface area contributed by atoms with Crippen LogP contribution in [-0.2, 0) is 9.59 Å². The number of rotatable bonds is 6. The molecule has 1 aliphatic rings. The fourth-order valence-electron chi connectivity index (χ4n) is 2.55. The lowest BCUT2D eigenvalue weighted by Crippen LogP contribution is -2.43. The Labute approximate surface area is 151 Å². The van der Waals surface area contributed by atoms with Gasteiger partial charge in [0.15, 0.2) is 0 Å². The Morgan fingerprint density at radius 3 is 2.48 bits per heavy atom. The predicted octanol–water partition coefficient (Wildman–Crippen LogP) is 2.36. The number of carbonyl (C=O) groups excluding carboxylic acids is 3. The molecule has 0 bridgehead atoms. The van der Waals surface area contributed by atoms with Gasteiger partial charge in [-0.1, -0.05) is 0 Å². The van der Waals surface area contributed by atoms with E-state index in [9.17, 15) is 14.4 Å². The Morgan fingerprint density at radius 1 is 1.28 bits per heavy atom. The number of benzene rings is 1. The number of nitrogens with zero attached hydrogens (tertiary/aromatic N) is 1. The van der Waals surface area contributed by atoms with E-state index in [1.807, 2.05) is 0 Å². The van der Waals surface area contributed by atoms with E-state index in [2.05, 4.69) is 5.32 Å². The van der Waals surface area contributed by atoms with Crippen LogP contribution in [0.25, 0.3) is 0 Å². The van der Waals surface area contributed by atoms with Crippen LogP contribution in [-0.4, -0.2) is 47.5 Å². The number of methoxy groups -OCH3 is 2. The van der Waals surface area contributed by atoms with Gasteiger partial charge in [0.05, 0.1) is 25.0 Å². The number of thioether (sulfide) groups is 1. The van der Waals surface area contributed by atoms with Crippen LogP contribution in [0.5, 0.6) is 11.5 Å². The minimum absolute atomic E-state index is 0.301. The molecule has 0 aliphatic carbocycles. The van der Waals surface area contributed by atoms with Crippen molar-refractivity contribution in [1.82, 2.24) is 10.2 Å². The van der Waals surface area contributed by atoms with E-state index >= 15 is 0 Å². The van der Waals surface area contributed by atoms with Crippen LogP contribution in [0.4, 0.5) is 4.79 Å². The zero-order valence-corrected chi connectivity index (χ0v) is 15.7. The molecule has 1 aliphatic heterocycles. The zero-order valence-electron chi connectivity index (χ0n) is 14.9. The minimum atomic E-state index is -0.834. The summed E-state index contributed by atoms with van der Waals surface area (Å²) in [4.78, 5) is 37.4. The molecule has 1 N–H and O–H groups in total. The van der Waals surface area contributed by atoms with Crippen molar-refractivity contribution < 1.29 is 23.9 Å². The highest BCUT2D eigenvalue weighted by molar-refractivity contribution is 8.16. The standard InChI is InChI=1S/C17H22N2O5S/c1-10(12-8-11(23-4)6-7-13(12)24-5)18-14(20)9-19-15(21)17(2,3)25-16(19)22/h6-8,10H,9H2,1-5H3,(H,18,20)/t10-/m0/s1. The van der Waals surface area contributed by atoms with Crippen molar-refractivity contribution in [2.75, 3.05) is 20.8 Å². The van der Waals surface area contributed by atoms with Crippen LogP contribution in [0.3, 0.4) is 0 Å². The molecule has 8 heteroatoms. The van der Waals surface area contributed by atoms with Crippen molar-refractivity contribution in [3.63, 3.8) is 0 Å². The summed E-state index contributed by atoms with van der Waals surface area (Å²) in [5, 5.41) is 2.38. The first-order valence-electron chi connectivity index (χ1n) is 7.76. The third kappa shape index (κ3) is 4.07. The number of nitrogens with one attached hydrogen (secondary N) is 1. The summed E-state index contributed by atoms with van der Waals surface area (Å²) < 4.78 is 9.68. The maximum absolute atomic E-state index is 12.3. The average Bonchev–Trinajstić information content (AvgIpc) is 2.75. The second-order valence-corrected chi connectivity index (χ2v) is 7.74. The lowest BCUT2D eigenvalue weighted by molar-refractivity contribution is -0.133. The van der Waals surface area contributed by atoms with Gasteiger partial charge in [-0.25, -0.2) is 0 Å². The fourth-order valence-corrected chi connectivity index (χ4v) is 3.44. The van der Waals surface area contributed by atoms with Crippen LogP contribution < -0.4 is 14.8 Å². The summed E-state index contributed by atoms with van der Waals surface area (Å²) >= 11 is 0.928. The molecule has 0 saturated carbocycles. The summed E-state index contributed by atoms with van der Waals surface area (Å²) in [6.45, 7) is 4.82. The highest BCUT2D eigenvalue weighted by atomic mass is 32.2. The van der Waals surface area contributed by atoms with Crippen molar-refractivity contribution in [3.05, 3.63) is 23.8 Å². The number of carbonyl (C=O) groups is 3. The van der Waals surface area contributed by atoms with Gasteiger partial charge in [-0.05, 0) is 50.7 Å². The van der Waals surface area contributed by atoms with Crippen molar-refractivity contribution >= 4 is 28.8 Å². The van der Waals surface area contributed by atoms with Crippen LogP contribution in [0.1, 0.15) is 32.4 Å². The molecule has 2 rings (SSSR count). The summed E-state index contributed by atoms with van der Waals surface area (Å²) in [7, 11) is 3.10. The van der Waals surface area contributed by atoms with Gasteiger partial charge in [0, 0.05) is 5.56 Å². The van der Waals surface area contributed by atoms with E-state index in [-0.39, 0.29) is 18.5 Å². The van der Waals surface area contributed by atoms with Gasteiger partial charge in [-0.3, -0.25) is 19.3 Å². The SMILES string of the molecule is COc1ccc(OC)c([C@H](C)NC(=O)CN2C(=O)SC(C)(C)C2=O)c1. The number of imide groups is 1. The topological polar surface area (TPSA) is 84.9 Å². The second kappa shape index (κ2) is 7.35. The number of hydrogen-bond donors (Lipinski definition) is 1. The fraction of sp³-hybridized carbons (Fsp3) is 0.471. The van der Waals surface area contributed by atoms with E-state index in [1.165, 1.54) is 0 Å². The molecule has 0 unspecified atom stereocenters. The summed E-state index contributed by atoms with van der Waals surface area (Å²) in [6.07, 6.45) is 0. The van der Waals surface area contributed by atoms with Gasteiger partial charge in [0.25, 0.3) is 5.24 Å². The highest BCUT2D eigenvalue weighted by Gasteiger charge is 2.46. The van der Waals surface area contributed by atoms with Crippen LogP contribution in [0, 0.1) is 0 Å². The number of amides is 3. The second-order valence-electron chi connectivity index (χ2n) is 6.17. The number of ether oxygens (including phenoxy) is 2. The Morgan fingerprint density at radius 2 is 1.96 bits per heavy atom. The molecule has 0 spiro atoms. The zero-order chi connectivity index (χ0) is 18.8. The molecule has 1 saturated heterocycles. The van der Waals surface area contributed by atoms with E-state index in [4.69, 9.17) is 9.47 Å². The normalized spacial score (nSPS) is 17.4. The highest BCUT2D eigenvalue weighted by Crippen LogP contribution is 2.36. The van der Waals surface area contributed by atoms with Gasteiger partial charge in [-0.15, -0.1) is 0 Å². The Kier molecular flexibility index (Phi) is 5.62. The summed E-state index contributed by atoms with van der Waals surface area (Å²) in [5.74, 6) is 0.472. The molecule has 3 amide bonds. The minimum Gasteiger partial charge on any atom is -0.497 e. The maximum atomic E-state index is 12.3. The Balaban J connectivity index is 2.08. The van der Waals surface area contributed by atoms with E-state index in [0.29, 0.717) is 11.5 Å². The largest absolute Gasteiger partial charge is 0.497 e.